The Bertz CT molecular complexity index is 237. The zero-order chi connectivity index (χ0) is 13.3. The number of hydrogen-bond acceptors (Lipinski definition) is 4. The Morgan fingerprint density at radius 2 is 2.06 bits per heavy atom. The lowest BCUT2D eigenvalue weighted by atomic mass is 9.98. The maximum Gasteiger partial charge on any atom is 0.103 e. The third-order valence-corrected chi connectivity index (χ3v) is 3.23. The van der Waals surface area contributed by atoms with E-state index in [1.54, 1.807) is 7.11 Å². The van der Waals surface area contributed by atoms with Crippen LogP contribution in [0, 0.1) is 11.3 Å². The maximum absolute atomic E-state index is 9.06. The van der Waals surface area contributed by atoms with E-state index in [0.29, 0.717) is 6.04 Å². The first-order chi connectivity index (χ1) is 7.99. The van der Waals surface area contributed by atoms with Crippen molar-refractivity contribution in [1.82, 2.24) is 10.2 Å². The number of ether oxygens (including phenoxy) is 1. The Hall–Kier alpha value is -0.630. The fraction of sp³-hybridized carbons (Fsp3) is 0.923. The van der Waals surface area contributed by atoms with Crippen LogP contribution in [-0.2, 0) is 4.74 Å². The molecule has 1 unspecified atom stereocenters. The van der Waals surface area contributed by atoms with E-state index >= 15 is 0 Å². The van der Waals surface area contributed by atoms with Crippen LogP contribution in [0.4, 0.5) is 0 Å². The number of nitriles is 1. The first kappa shape index (κ1) is 16.4. The fourth-order valence-electron chi connectivity index (χ4n) is 1.71. The molecule has 0 bridgehead atoms. The molecule has 1 N–H and O–H groups in total. The van der Waals surface area contributed by atoms with Crippen molar-refractivity contribution in [2.75, 3.05) is 33.9 Å². The molecule has 0 rings (SSSR count). The van der Waals surface area contributed by atoms with Gasteiger partial charge in [0.05, 0.1) is 12.7 Å². The molecule has 0 aliphatic carbocycles. The third-order valence-electron chi connectivity index (χ3n) is 3.23. The van der Waals surface area contributed by atoms with Crippen molar-refractivity contribution in [3.8, 4) is 6.07 Å². The minimum absolute atomic E-state index is 0.399. The normalized spacial score (nSPS) is 14.9. The quantitative estimate of drug-likeness (QED) is 0.666. The number of nitrogens with zero attached hydrogens (tertiary/aromatic N) is 2. The highest BCUT2D eigenvalue weighted by molar-refractivity contribution is 5.02. The molecule has 0 radical (unpaired) electrons. The highest BCUT2D eigenvalue weighted by atomic mass is 16.5. The predicted molar refractivity (Wildman–Crippen MR) is 70.9 cm³/mol. The minimum Gasteiger partial charge on any atom is -0.383 e. The molecule has 1 atom stereocenters. The van der Waals surface area contributed by atoms with Crippen LogP contribution < -0.4 is 5.32 Å². The maximum atomic E-state index is 9.06. The average Bonchev–Trinajstić information content (AvgIpc) is 2.32. The van der Waals surface area contributed by atoms with Crippen molar-refractivity contribution in [3.05, 3.63) is 0 Å². The molecule has 0 spiro atoms. The van der Waals surface area contributed by atoms with Gasteiger partial charge >= 0.3 is 0 Å². The van der Waals surface area contributed by atoms with Crippen LogP contribution in [0.25, 0.3) is 0 Å². The van der Waals surface area contributed by atoms with Crippen LogP contribution in [0.5, 0.6) is 0 Å². The Morgan fingerprint density at radius 3 is 2.47 bits per heavy atom. The van der Waals surface area contributed by atoms with Gasteiger partial charge in [0.15, 0.2) is 0 Å². The smallest absolute Gasteiger partial charge is 0.103 e. The molecule has 100 valence electrons. The molecular formula is C13H27N3O. The summed E-state index contributed by atoms with van der Waals surface area (Å²) in [6.07, 6.45) is 1.89. The summed E-state index contributed by atoms with van der Waals surface area (Å²) in [5.74, 6) is 0. The van der Waals surface area contributed by atoms with Gasteiger partial charge in [0.2, 0.25) is 0 Å². The average molecular weight is 241 g/mol. The Balaban J connectivity index is 4.02. The summed E-state index contributed by atoms with van der Waals surface area (Å²) in [6, 6.07) is 2.84. The lowest BCUT2D eigenvalue weighted by Crippen LogP contribution is -2.40. The summed E-state index contributed by atoms with van der Waals surface area (Å²) in [5, 5.41) is 12.1. The molecule has 0 aliphatic heterocycles. The summed E-state index contributed by atoms with van der Waals surface area (Å²) in [7, 11) is 3.57. The molecule has 4 nitrogen and oxygen atoms in total. The van der Waals surface area contributed by atoms with E-state index in [-0.39, 0.29) is 0 Å². The Labute approximate surface area is 106 Å². The fourth-order valence-corrected chi connectivity index (χ4v) is 1.71. The number of hydrogen-bond donors (Lipinski definition) is 1. The Morgan fingerprint density at radius 1 is 1.41 bits per heavy atom. The Kier molecular flexibility index (Phi) is 8.15. The van der Waals surface area contributed by atoms with Crippen molar-refractivity contribution in [2.45, 2.75) is 45.2 Å². The van der Waals surface area contributed by atoms with E-state index in [1.165, 1.54) is 0 Å². The minimum atomic E-state index is -0.399. The monoisotopic (exact) mass is 241 g/mol. The van der Waals surface area contributed by atoms with E-state index in [1.807, 2.05) is 14.0 Å². The molecule has 0 saturated heterocycles. The van der Waals surface area contributed by atoms with E-state index in [2.05, 4.69) is 30.1 Å². The summed E-state index contributed by atoms with van der Waals surface area (Å²) in [4.78, 5) is 2.39. The van der Waals surface area contributed by atoms with E-state index in [9.17, 15) is 0 Å². The van der Waals surface area contributed by atoms with Gasteiger partial charge in [-0.3, -0.25) is 4.90 Å². The van der Waals surface area contributed by atoms with Gasteiger partial charge in [-0.2, -0.15) is 5.26 Å². The zero-order valence-corrected chi connectivity index (χ0v) is 11.9. The second-order valence-electron chi connectivity index (χ2n) is 4.92. The van der Waals surface area contributed by atoms with E-state index in [4.69, 9.17) is 10.00 Å². The highest BCUT2D eigenvalue weighted by Crippen LogP contribution is 2.11. The van der Waals surface area contributed by atoms with Crippen LogP contribution in [0.15, 0.2) is 0 Å². The molecule has 0 aliphatic rings. The van der Waals surface area contributed by atoms with Crippen LogP contribution in [0.2, 0.25) is 0 Å². The summed E-state index contributed by atoms with van der Waals surface area (Å²) in [6.45, 7) is 9.06. The molecule has 0 amide bonds. The van der Waals surface area contributed by atoms with Gasteiger partial charge in [-0.25, -0.2) is 0 Å². The largest absolute Gasteiger partial charge is 0.383 e. The summed E-state index contributed by atoms with van der Waals surface area (Å²) >= 11 is 0. The first-order valence-electron chi connectivity index (χ1n) is 6.32. The summed E-state index contributed by atoms with van der Waals surface area (Å²) < 4.78 is 5.11. The van der Waals surface area contributed by atoms with Crippen molar-refractivity contribution in [2.24, 2.45) is 0 Å². The van der Waals surface area contributed by atoms with Gasteiger partial charge in [0, 0.05) is 19.7 Å². The number of rotatable bonds is 9. The molecule has 0 aromatic rings. The molecule has 17 heavy (non-hydrogen) atoms. The van der Waals surface area contributed by atoms with Crippen LogP contribution in [0.1, 0.15) is 33.6 Å². The topological polar surface area (TPSA) is 48.3 Å². The van der Waals surface area contributed by atoms with Gasteiger partial charge in [-0.1, -0.05) is 0 Å². The van der Waals surface area contributed by atoms with Gasteiger partial charge in [0.25, 0.3) is 0 Å². The molecule has 4 heteroatoms. The summed E-state index contributed by atoms with van der Waals surface area (Å²) in [5.41, 5.74) is -0.399. The second-order valence-corrected chi connectivity index (χ2v) is 4.92. The van der Waals surface area contributed by atoms with Crippen molar-refractivity contribution in [1.29, 1.82) is 5.26 Å². The van der Waals surface area contributed by atoms with Crippen LogP contribution in [-0.4, -0.2) is 50.3 Å². The van der Waals surface area contributed by atoms with Gasteiger partial charge in [0.1, 0.15) is 5.54 Å². The van der Waals surface area contributed by atoms with Gasteiger partial charge in [-0.15, -0.1) is 0 Å². The molecule has 0 heterocycles. The highest BCUT2D eigenvalue weighted by Gasteiger charge is 2.21. The van der Waals surface area contributed by atoms with Gasteiger partial charge < -0.3 is 10.1 Å². The van der Waals surface area contributed by atoms with E-state index < -0.39 is 5.54 Å². The lowest BCUT2D eigenvalue weighted by Gasteiger charge is -2.28. The molecule has 0 aromatic carbocycles. The predicted octanol–water partition coefficient (Wildman–Crippen LogP) is 1.63. The number of nitrogens with one attached hydrogen (secondary N) is 1. The number of methoxy groups -OCH3 is 1. The lowest BCUT2D eigenvalue weighted by molar-refractivity contribution is 0.127. The van der Waals surface area contributed by atoms with Crippen molar-refractivity contribution >= 4 is 0 Å². The first-order valence-corrected chi connectivity index (χ1v) is 6.32. The van der Waals surface area contributed by atoms with Crippen molar-refractivity contribution in [3.63, 3.8) is 0 Å². The second kappa shape index (κ2) is 8.46. The zero-order valence-electron chi connectivity index (χ0n) is 11.9. The van der Waals surface area contributed by atoms with Crippen LogP contribution >= 0.6 is 0 Å². The van der Waals surface area contributed by atoms with Crippen LogP contribution in [0.3, 0.4) is 0 Å². The SMILES string of the molecule is CNC(C)(C#N)CCCN(CCOC)C(C)C. The molecule has 0 aromatic heterocycles. The molecule has 0 fully saturated rings. The third kappa shape index (κ3) is 6.62. The van der Waals surface area contributed by atoms with Crippen molar-refractivity contribution < 1.29 is 4.74 Å². The molecule has 0 saturated carbocycles. The molecular weight excluding hydrogens is 214 g/mol. The standard InChI is InChI=1S/C13H27N3O/c1-12(2)16(9-10-17-5)8-6-7-13(3,11-14)15-4/h12,15H,6-10H2,1-5H3. The van der Waals surface area contributed by atoms with E-state index in [0.717, 1.165) is 32.5 Å². The van der Waals surface area contributed by atoms with Gasteiger partial charge in [-0.05, 0) is 47.2 Å².